The van der Waals surface area contributed by atoms with Gasteiger partial charge in [-0.2, -0.15) is 5.10 Å². The maximum atomic E-state index is 12.5. The Balaban J connectivity index is 1.82. The molecule has 0 bridgehead atoms. The first-order valence-corrected chi connectivity index (χ1v) is 10.3. The minimum Gasteiger partial charge on any atom is -0.455 e. The molecule has 7 heteroatoms. The van der Waals surface area contributed by atoms with Crippen LogP contribution in [0.2, 0.25) is 0 Å². The number of hydrogen-bond donors (Lipinski definition) is 2. The summed E-state index contributed by atoms with van der Waals surface area (Å²) < 4.78 is 6.78. The number of nitrogens with one attached hydrogen (secondary N) is 2. The van der Waals surface area contributed by atoms with E-state index in [2.05, 4.69) is 31.8 Å². The molecule has 0 saturated carbocycles. The molecule has 1 aliphatic rings. The lowest BCUT2D eigenvalue weighted by molar-refractivity contribution is 0.0907. The van der Waals surface area contributed by atoms with E-state index in [9.17, 15) is 9.59 Å². The molecule has 1 heterocycles. The maximum Gasteiger partial charge on any atom is 0.287 e. The van der Waals surface area contributed by atoms with Gasteiger partial charge in [0.25, 0.3) is 11.8 Å². The van der Waals surface area contributed by atoms with Gasteiger partial charge in [0.1, 0.15) is 5.76 Å². The molecule has 148 valence electrons. The van der Waals surface area contributed by atoms with Crippen molar-refractivity contribution in [2.75, 3.05) is 0 Å². The van der Waals surface area contributed by atoms with Gasteiger partial charge in [-0.25, -0.2) is 5.43 Å². The summed E-state index contributed by atoms with van der Waals surface area (Å²) in [5.41, 5.74) is 5.52. The number of carbonyl (C=O) groups is 2. The summed E-state index contributed by atoms with van der Waals surface area (Å²) in [5.74, 6) is 0.608. The van der Waals surface area contributed by atoms with Crippen molar-refractivity contribution in [3.63, 3.8) is 0 Å². The molecule has 0 radical (unpaired) electrons. The molecule has 2 aromatic rings. The first kappa shape index (κ1) is 20.3. The zero-order valence-electron chi connectivity index (χ0n) is 16.3. The zero-order chi connectivity index (χ0) is 20.3. The number of furan rings is 1. The summed E-state index contributed by atoms with van der Waals surface area (Å²) in [6.07, 6.45) is 3.19. The Bertz CT molecular complexity index is 916. The molecule has 28 heavy (non-hydrogen) atoms. The molecule has 2 amide bonds. The number of rotatable bonds is 5. The molecule has 1 unspecified atom stereocenters. The highest BCUT2D eigenvalue weighted by Gasteiger charge is 2.28. The summed E-state index contributed by atoms with van der Waals surface area (Å²) in [6.45, 7) is 5.84. The van der Waals surface area contributed by atoms with Crippen LogP contribution in [0.25, 0.3) is 0 Å². The third-order valence-electron chi connectivity index (χ3n) is 4.92. The minimum absolute atomic E-state index is 0.0763. The molecule has 3 rings (SSSR count). The molecule has 1 aliphatic carbocycles. The lowest BCUT2D eigenvalue weighted by atomic mass is 9.93. The molecule has 1 aromatic heterocycles. The fourth-order valence-corrected chi connectivity index (χ4v) is 3.44. The number of halogens is 1. The number of benzene rings is 1. The predicted octanol–water partition coefficient (Wildman–Crippen LogP) is 4.35. The van der Waals surface area contributed by atoms with E-state index in [0.717, 1.165) is 52.8 Å². The first-order valence-electron chi connectivity index (χ1n) is 9.46. The van der Waals surface area contributed by atoms with Crippen LogP contribution >= 0.6 is 15.9 Å². The number of hydrazone groups is 1. The number of amides is 2. The number of hydrogen-bond acceptors (Lipinski definition) is 4. The normalized spacial score (nSPS) is 15.8. The molecular formula is C21H24BrN3O3. The van der Waals surface area contributed by atoms with Crippen LogP contribution in [0.15, 0.2) is 38.3 Å². The summed E-state index contributed by atoms with van der Waals surface area (Å²) in [6, 6.07) is 7.15. The highest BCUT2D eigenvalue weighted by Crippen LogP contribution is 2.30. The van der Waals surface area contributed by atoms with E-state index < -0.39 is 0 Å². The van der Waals surface area contributed by atoms with Gasteiger partial charge in [-0.15, -0.1) is 0 Å². The lowest BCUT2D eigenvalue weighted by Gasteiger charge is -2.13. The monoisotopic (exact) mass is 445 g/mol. The first-order chi connectivity index (χ1) is 13.4. The van der Waals surface area contributed by atoms with Crippen LogP contribution in [-0.2, 0) is 6.42 Å². The van der Waals surface area contributed by atoms with Crippen molar-refractivity contribution in [3.8, 4) is 0 Å². The van der Waals surface area contributed by atoms with Gasteiger partial charge in [0, 0.05) is 33.6 Å². The molecule has 6 nitrogen and oxygen atoms in total. The Hall–Kier alpha value is -2.41. The number of fused-ring (bicyclic) bond motifs is 1. The third-order valence-corrected chi connectivity index (χ3v) is 5.45. The van der Waals surface area contributed by atoms with Gasteiger partial charge in [-0.3, -0.25) is 9.59 Å². The van der Waals surface area contributed by atoms with Gasteiger partial charge < -0.3 is 9.73 Å². The van der Waals surface area contributed by atoms with Crippen LogP contribution in [0.5, 0.6) is 0 Å². The Kier molecular flexibility index (Phi) is 6.34. The predicted molar refractivity (Wildman–Crippen MR) is 112 cm³/mol. The highest BCUT2D eigenvalue weighted by atomic mass is 79.9. The average Bonchev–Trinajstić information content (AvgIpc) is 3.04. The number of carbonyl (C=O) groups excluding carboxylic acids is 2. The molecule has 0 aliphatic heterocycles. The number of aryl methyl sites for hydroxylation is 1. The molecule has 1 aromatic carbocycles. The van der Waals surface area contributed by atoms with Crippen molar-refractivity contribution in [3.05, 3.63) is 56.9 Å². The van der Waals surface area contributed by atoms with Crippen LogP contribution < -0.4 is 10.7 Å². The summed E-state index contributed by atoms with van der Waals surface area (Å²) >= 11 is 3.35. The smallest absolute Gasteiger partial charge is 0.287 e. The second-order valence-electron chi connectivity index (χ2n) is 7.00. The van der Waals surface area contributed by atoms with Crippen molar-refractivity contribution in [1.29, 1.82) is 0 Å². The quantitative estimate of drug-likeness (QED) is 0.670. The summed E-state index contributed by atoms with van der Waals surface area (Å²) in [5, 5.41) is 7.29. The van der Waals surface area contributed by atoms with Gasteiger partial charge in [0.05, 0.1) is 5.71 Å². The van der Waals surface area contributed by atoms with Crippen LogP contribution in [0.1, 0.15) is 70.9 Å². The van der Waals surface area contributed by atoms with E-state index >= 15 is 0 Å². The van der Waals surface area contributed by atoms with E-state index in [4.69, 9.17) is 4.42 Å². The van der Waals surface area contributed by atoms with E-state index in [0.29, 0.717) is 11.3 Å². The zero-order valence-corrected chi connectivity index (χ0v) is 17.9. The van der Waals surface area contributed by atoms with Crippen LogP contribution in [0.3, 0.4) is 0 Å². The van der Waals surface area contributed by atoms with Crippen molar-refractivity contribution >= 4 is 33.5 Å². The summed E-state index contributed by atoms with van der Waals surface area (Å²) in [4.78, 5) is 24.9. The van der Waals surface area contributed by atoms with Crippen molar-refractivity contribution in [1.82, 2.24) is 10.7 Å². The second kappa shape index (κ2) is 8.73. The topological polar surface area (TPSA) is 83.7 Å². The number of nitrogens with zero attached hydrogens (tertiary/aromatic N) is 1. The second-order valence-corrected chi connectivity index (χ2v) is 7.91. The molecule has 0 saturated heterocycles. The molecular weight excluding hydrogens is 422 g/mol. The Morgan fingerprint density at radius 2 is 1.93 bits per heavy atom. The molecule has 2 N–H and O–H groups in total. The highest BCUT2D eigenvalue weighted by molar-refractivity contribution is 9.10. The standard InChI is InChI=1S/C21H24BrN3O3/c1-4-12(2)23-21(27)19-13(3)18-16(6-5-7-17(18)28-19)24-25-20(26)14-8-10-15(22)11-9-14/h8-12H,4-7H2,1-3H3,(H,23,27)(H,25,26)/b24-16+. The van der Waals surface area contributed by atoms with E-state index in [1.165, 1.54) is 0 Å². The lowest BCUT2D eigenvalue weighted by Crippen LogP contribution is -2.32. The fourth-order valence-electron chi connectivity index (χ4n) is 3.17. The Labute approximate surface area is 172 Å². The largest absolute Gasteiger partial charge is 0.455 e. The van der Waals surface area contributed by atoms with Gasteiger partial charge in [0.2, 0.25) is 0 Å². The Morgan fingerprint density at radius 1 is 1.21 bits per heavy atom. The van der Waals surface area contributed by atoms with E-state index in [-0.39, 0.29) is 17.9 Å². The van der Waals surface area contributed by atoms with Crippen LogP contribution in [0, 0.1) is 6.92 Å². The third kappa shape index (κ3) is 4.35. The summed E-state index contributed by atoms with van der Waals surface area (Å²) in [7, 11) is 0. The van der Waals surface area contributed by atoms with Crippen LogP contribution in [0.4, 0.5) is 0 Å². The SMILES string of the molecule is CCC(C)NC(=O)c1oc2c(c1C)/C(=N/NC(=O)c1ccc(Br)cc1)CCC2. The molecule has 1 atom stereocenters. The Morgan fingerprint density at radius 3 is 2.61 bits per heavy atom. The minimum atomic E-state index is -0.275. The average molecular weight is 446 g/mol. The molecule has 0 fully saturated rings. The van der Waals surface area contributed by atoms with E-state index in [1.54, 1.807) is 12.1 Å². The van der Waals surface area contributed by atoms with E-state index in [1.807, 2.05) is 32.9 Å². The van der Waals surface area contributed by atoms with Crippen molar-refractivity contribution < 1.29 is 14.0 Å². The van der Waals surface area contributed by atoms with Crippen molar-refractivity contribution in [2.45, 2.75) is 52.5 Å². The van der Waals surface area contributed by atoms with Gasteiger partial charge >= 0.3 is 0 Å². The van der Waals surface area contributed by atoms with Gasteiger partial charge in [-0.05, 0) is 57.4 Å². The van der Waals surface area contributed by atoms with Gasteiger partial charge in [0.15, 0.2) is 5.76 Å². The van der Waals surface area contributed by atoms with Crippen molar-refractivity contribution in [2.24, 2.45) is 5.10 Å². The molecule has 0 spiro atoms. The van der Waals surface area contributed by atoms with Gasteiger partial charge in [-0.1, -0.05) is 22.9 Å². The fraction of sp³-hybridized carbons (Fsp3) is 0.381. The maximum absolute atomic E-state index is 12.5. The van der Waals surface area contributed by atoms with Crippen LogP contribution in [-0.4, -0.2) is 23.6 Å².